The first-order chi connectivity index (χ1) is 15.2. The summed E-state index contributed by atoms with van der Waals surface area (Å²) in [5.74, 6) is -1.42. The van der Waals surface area contributed by atoms with Gasteiger partial charge in [0.1, 0.15) is 12.1 Å². The maximum Gasteiger partial charge on any atom is 0.314 e. The fraction of sp³-hybridized carbons (Fsp3) is 0.304. The molecular weight excluding hydrogens is 415 g/mol. The number of hydrogen-bond donors (Lipinski definition) is 1. The number of aromatic amines is 1. The van der Waals surface area contributed by atoms with Crippen molar-refractivity contribution in [1.29, 1.82) is 0 Å². The molecule has 2 atom stereocenters. The number of amides is 2. The second-order valence-electron chi connectivity index (χ2n) is 8.15. The minimum Gasteiger partial charge on any atom is -0.361 e. The van der Waals surface area contributed by atoms with Gasteiger partial charge in [-0.05, 0) is 35.7 Å². The largest absolute Gasteiger partial charge is 0.361 e. The number of nitrogens with zero attached hydrogens (tertiary/aromatic N) is 3. The van der Waals surface area contributed by atoms with Crippen LogP contribution in [0.25, 0.3) is 10.9 Å². The van der Waals surface area contributed by atoms with Gasteiger partial charge in [-0.15, -0.1) is 0 Å². The monoisotopic (exact) mass is 438 g/mol. The van der Waals surface area contributed by atoms with Crippen LogP contribution in [0.1, 0.15) is 16.7 Å². The summed E-state index contributed by atoms with van der Waals surface area (Å²) >= 11 is 0. The van der Waals surface area contributed by atoms with Gasteiger partial charge in [0, 0.05) is 33.1 Å². The van der Waals surface area contributed by atoms with Crippen molar-refractivity contribution < 1.29 is 18.9 Å². The highest BCUT2D eigenvalue weighted by atomic mass is 19.1. The molecular formula is C23H23FN4O4. The van der Waals surface area contributed by atoms with E-state index in [0.29, 0.717) is 17.5 Å². The van der Waals surface area contributed by atoms with Gasteiger partial charge in [0.05, 0.1) is 15.8 Å². The summed E-state index contributed by atoms with van der Waals surface area (Å²) in [7, 11) is 3.16. The Hall–Kier alpha value is -3.75. The van der Waals surface area contributed by atoms with Crippen molar-refractivity contribution in [3.05, 3.63) is 75.2 Å². The number of likely N-dealkylation sites (N-methyl/N-ethyl adjacent to an activating group) is 2. The van der Waals surface area contributed by atoms with Crippen LogP contribution < -0.4 is 0 Å². The Labute approximate surface area is 183 Å². The average molecular weight is 438 g/mol. The molecule has 0 unspecified atom stereocenters. The lowest BCUT2D eigenvalue weighted by molar-refractivity contribution is -0.385. The van der Waals surface area contributed by atoms with Gasteiger partial charge in [0.25, 0.3) is 0 Å². The number of carbonyl (C=O) groups excluding carboxylic acids is 2. The average Bonchev–Trinajstić information content (AvgIpc) is 3.16. The number of aromatic nitrogens is 1. The molecule has 4 rings (SSSR count). The van der Waals surface area contributed by atoms with Gasteiger partial charge in [0.2, 0.25) is 17.6 Å². The van der Waals surface area contributed by atoms with Crippen molar-refractivity contribution in [1.82, 2.24) is 14.8 Å². The Kier molecular flexibility index (Phi) is 5.41. The molecule has 8 nitrogen and oxygen atoms in total. The first-order valence-electron chi connectivity index (χ1n) is 10.2. The van der Waals surface area contributed by atoms with Crippen LogP contribution >= 0.6 is 0 Å². The lowest BCUT2D eigenvalue weighted by Gasteiger charge is -2.42. The summed E-state index contributed by atoms with van der Waals surface area (Å²) in [4.78, 5) is 42.9. The molecule has 0 bridgehead atoms. The standard InChI is InChI=1S/C23H23FN4O4/c1-13-6-4-5-7-14(13)10-18-22(29)27(3)19(23(30)26(18)2)11-15-12-25-17-9-8-16(24)21(20(15)17)28(31)32/h4-9,12,18-19,25H,10-11H2,1-3H3/t18-,19-/m0/s1. The zero-order chi connectivity index (χ0) is 23.2. The summed E-state index contributed by atoms with van der Waals surface area (Å²) < 4.78 is 14.2. The van der Waals surface area contributed by atoms with Crippen LogP contribution in [0.2, 0.25) is 0 Å². The summed E-state index contributed by atoms with van der Waals surface area (Å²) in [6.07, 6.45) is 1.96. The molecule has 0 saturated carbocycles. The summed E-state index contributed by atoms with van der Waals surface area (Å²) in [6.45, 7) is 1.96. The zero-order valence-electron chi connectivity index (χ0n) is 18.0. The summed E-state index contributed by atoms with van der Waals surface area (Å²) in [6, 6.07) is 8.68. The van der Waals surface area contributed by atoms with Crippen molar-refractivity contribution in [2.45, 2.75) is 31.8 Å². The lowest BCUT2D eigenvalue weighted by atomic mass is 9.94. The van der Waals surface area contributed by atoms with E-state index in [1.54, 1.807) is 14.1 Å². The maximum absolute atomic E-state index is 14.2. The number of fused-ring (bicyclic) bond motifs is 1. The molecule has 0 spiro atoms. The highest BCUT2D eigenvalue weighted by Crippen LogP contribution is 2.33. The van der Waals surface area contributed by atoms with Crippen molar-refractivity contribution >= 4 is 28.4 Å². The summed E-state index contributed by atoms with van der Waals surface area (Å²) in [5, 5.41) is 11.6. The third-order valence-corrected chi connectivity index (χ3v) is 6.32. The van der Waals surface area contributed by atoms with E-state index in [9.17, 15) is 24.1 Å². The number of nitro groups is 1. The van der Waals surface area contributed by atoms with E-state index in [0.717, 1.165) is 17.2 Å². The van der Waals surface area contributed by atoms with Crippen LogP contribution in [-0.4, -0.2) is 57.7 Å². The van der Waals surface area contributed by atoms with Gasteiger partial charge in [0.15, 0.2) is 0 Å². The maximum atomic E-state index is 14.2. The molecule has 0 aliphatic carbocycles. The van der Waals surface area contributed by atoms with Gasteiger partial charge < -0.3 is 14.8 Å². The SMILES string of the molecule is Cc1ccccc1C[C@H]1C(=O)N(C)[C@@H](Cc2c[nH]c3ccc(F)c([N+](=O)[O-])c23)C(=O)N1C. The minimum atomic E-state index is -0.946. The molecule has 1 N–H and O–H groups in total. The highest BCUT2D eigenvalue weighted by molar-refractivity contribution is 5.98. The number of aryl methyl sites for hydroxylation is 1. The molecule has 1 saturated heterocycles. The first-order valence-corrected chi connectivity index (χ1v) is 10.2. The molecule has 1 aromatic heterocycles. The molecule has 3 aromatic rings. The van der Waals surface area contributed by atoms with Gasteiger partial charge in [-0.2, -0.15) is 4.39 Å². The second kappa shape index (κ2) is 8.07. The Morgan fingerprint density at radius 1 is 1.00 bits per heavy atom. The number of halogens is 1. The van der Waals surface area contributed by atoms with Gasteiger partial charge >= 0.3 is 5.69 Å². The smallest absolute Gasteiger partial charge is 0.314 e. The quantitative estimate of drug-likeness (QED) is 0.489. The van der Waals surface area contributed by atoms with Crippen molar-refractivity contribution in [2.75, 3.05) is 14.1 Å². The Morgan fingerprint density at radius 3 is 2.19 bits per heavy atom. The van der Waals surface area contributed by atoms with Crippen LogP contribution in [0.15, 0.2) is 42.6 Å². The van der Waals surface area contributed by atoms with Gasteiger partial charge in [-0.25, -0.2) is 0 Å². The number of piperazine rings is 1. The predicted molar refractivity (Wildman–Crippen MR) is 117 cm³/mol. The van der Waals surface area contributed by atoms with E-state index >= 15 is 0 Å². The third-order valence-electron chi connectivity index (χ3n) is 6.32. The van der Waals surface area contributed by atoms with E-state index < -0.39 is 28.5 Å². The topological polar surface area (TPSA) is 99.5 Å². The van der Waals surface area contributed by atoms with Crippen molar-refractivity contribution in [3.8, 4) is 0 Å². The zero-order valence-corrected chi connectivity index (χ0v) is 18.0. The van der Waals surface area contributed by atoms with E-state index in [4.69, 9.17) is 0 Å². The molecule has 1 aliphatic rings. The van der Waals surface area contributed by atoms with Crippen molar-refractivity contribution in [2.24, 2.45) is 0 Å². The molecule has 166 valence electrons. The number of nitrogens with one attached hydrogen (secondary N) is 1. The van der Waals surface area contributed by atoms with E-state index in [-0.39, 0.29) is 23.6 Å². The number of nitro benzene ring substituents is 1. The van der Waals surface area contributed by atoms with Gasteiger partial charge in [-0.1, -0.05) is 24.3 Å². The number of rotatable bonds is 5. The Balaban J connectivity index is 1.65. The number of H-pyrrole nitrogens is 1. The van der Waals surface area contributed by atoms with Crippen LogP contribution in [-0.2, 0) is 22.4 Å². The fourth-order valence-electron chi connectivity index (χ4n) is 4.40. The minimum absolute atomic E-state index is 0.0345. The van der Waals surface area contributed by atoms with Crippen LogP contribution in [0.5, 0.6) is 0 Å². The lowest BCUT2D eigenvalue weighted by Crippen LogP contribution is -2.63. The molecule has 9 heteroatoms. The van der Waals surface area contributed by atoms with Gasteiger partial charge in [-0.3, -0.25) is 19.7 Å². The molecule has 1 aliphatic heterocycles. The van der Waals surface area contributed by atoms with E-state index in [1.807, 2.05) is 31.2 Å². The van der Waals surface area contributed by atoms with Crippen LogP contribution in [0, 0.1) is 22.9 Å². The highest BCUT2D eigenvalue weighted by Gasteiger charge is 2.43. The van der Waals surface area contributed by atoms with Crippen LogP contribution in [0.3, 0.4) is 0 Å². The van der Waals surface area contributed by atoms with Crippen LogP contribution in [0.4, 0.5) is 10.1 Å². The molecule has 2 amide bonds. The third kappa shape index (κ3) is 3.49. The van der Waals surface area contributed by atoms with E-state index in [1.165, 1.54) is 22.1 Å². The number of carbonyl (C=O) groups is 2. The molecule has 1 fully saturated rings. The molecule has 0 radical (unpaired) electrons. The first kappa shape index (κ1) is 21.5. The Bertz CT molecular complexity index is 1240. The normalized spacial score (nSPS) is 19.1. The molecule has 2 aromatic carbocycles. The molecule has 32 heavy (non-hydrogen) atoms. The second-order valence-corrected chi connectivity index (χ2v) is 8.15. The molecule has 2 heterocycles. The Morgan fingerprint density at radius 2 is 1.59 bits per heavy atom. The fourth-order valence-corrected chi connectivity index (χ4v) is 4.40. The number of hydrogen-bond acceptors (Lipinski definition) is 4. The van der Waals surface area contributed by atoms with E-state index in [2.05, 4.69) is 4.98 Å². The number of benzene rings is 2. The predicted octanol–water partition coefficient (Wildman–Crippen LogP) is 2.98. The summed E-state index contributed by atoms with van der Waals surface area (Å²) in [5.41, 5.74) is 2.20. The van der Waals surface area contributed by atoms with Crippen molar-refractivity contribution in [3.63, 3.8) is 0 Å².